The second-order valence-electron chi connectivity index (χ2n) is 13.0. The molecule has 240 valence electrons. The zero-order valence-electron chi connectivity index (χ0n) is 27.7. The van der Waals surface area contributed by atoms with Gasteiger partial charge in [-0.15, -0.1) is 0 Å². The van der Waals surface area contributed by atoms with Crippen molar-refractivity contribution >= 4 is 55.5 Å². The Morgan fingerprint density at radius 2 is 0.902 bits per heavy atom. The Hall–Kier alpha value is -6.29. The van der Waals surface area contributed by atoms with E-state index in [9.17, 15) is 0 Å². The highest BCUT2D eigenvalue weighted by Crippen LogP contribution is 2.39. The predicted molar refractivity (Wildman–Crippen MR) is 215 cm³/mol. The van der Waals surface area contributed by atoms with Gasteiger partial charge < -0.3 is 8.98 Å². The van der Waals surface area contributed by atoms with Crippen molar-refractivity contribution in [3.63, 3.8) is 0 Å². The summed E-state index contributed by atoms with van der Waals surface area (Å²) in [6.07, 6.45) is 0. The Labute approximate surface area is 300 Å². The Kier molecular flexibility index (Phi) is 7.11. The fourth-order valence-corrected chi connectivity index (χ4v) is 8.31. The van der Waals surface area contributed by atoms with Gasteiger partial charge in [-0.25, -0.2) is 0 Å². The molecule has 0 saturated heterocycles. The molecule has 10 rings (SSSR count). The summed E-state index contributed by atoms with van der Waals surface area (Å²) in [4.78, 5) is 2.38. The van der Waals surface area contributed by atoms with Crippen LogP contribution in [0.3, 0.4) is 0 Å². The van der Waals surface area contributed by atoms with Crippen LogP contribution in [-0.2, 0) is 0 Å². The third-order valence-corrected chi connectivity index (χ3v) is 10.8. The van der Waals surface area contributed by atoms with Gasteiger partial charge in [0, 0.05) is 37.0 Å². The maximum Gasteiger partial charge on any atom is 0.135 e. The number of fused-ring (bicyclic) bond motifs is 6. The Balaban J connectivity index is 1.02. The largest absolute Gasteiger partial charge is 0.456 e. The van der Waals surface area contributed by atoms with E-state index in [0.717, 1.165) is 27.6 Å². The van der Waals surface area contributed by atoms with Crippen molar-refractivity contribution in [2.45, 2.75) is 9.79 Å². The van der Waals surface area contributed by atoms with Gasteiger partial charge in [-0.3, -0.25) is 0 Å². The van der Waals surface area contributed by atoms with E-state index >= 15 is 0 Å². The minimum Gasteiger partial charge on any atom is -0.456 e. The van der Waals surface area contributed by atoms with Crippen LogP contribution in [-0.4, -0.2) is 4.57 Å². The van der Waals surface area contributed by atoms with Crippen LogP contribution in [0.2, 0.25) is 0 Å². The molecular weight excluding hydrogens is 639 g/mol. The van der Waals surface area contributed by atoms with Crippen molar-refractivity contribution in [2.24, 2.45) is 0 Å². The van der Waals surface area contributed by atoms with E-state index < -0.39 is 0 Å². The van der Waals surface area contributed by atoms with Crippen LogP contribution in [0.1, 0.15) is 0 Å². The fraction of sp³-hybridized carbons (Fsp3) is 0. The summed E-state index contributed by atoms with van der Waals surface area (Å²) in [5, 5.41) is 4.73. The predicted octanol–water partition coefficient (Wildman–Crippen LogP) is 13.8. The van der Waals surface area contributed by atoms with Crippen LogP contribution < -0.4 is 0 Å². The highest BCUT2D eigenvalue weighted by atomic mass is 32.2. The average Bonchev–Trinajstić information content (AvgIpc) is 3.73. The van der Waals surface area contributed by atoms with Crippen LogP contribution in [0, 0.1) is 0 Å². The van der Waals surface area contributed by atoms with Crippen molar-refractivity contribution in [3.05, 3.63) is 188 Å². The number of furan rings is 1. The van der Waals surface area contributed by atoms with Gasteiger partial charge in [-0.1, -0.05) is 127 Å². The van der Waals surface area contributed by atoms with Crippen molar-refractivity contribution in [1.29, 1.82) is 0 Å². The first kappa shape index (κ1) is 29.6. The Morgan fingerprint density at radius 3 is 1.69 bits per heavy atom. The summed E-state index contributed by atoms with van der Waals surface area (Å²) in [6, 6.07) is 67.4. The smallest absolute Gasteiger partial charge is 0.135 e. The van der Waals surface area contributed by atoms with Crippen LogP contribution in [0.15, 0.2) is 202 Å². The molecule has 8 aromatic carbocycles. The summed E-state index contributed by atoms with van der Waals surface area (Å²) < 4.78 is 8.76. The van der Waals surface area contributed by atoms with E-state index in [-0.39, 0.29) is 0 Å². The summed E-state index contributed by atoms with van der Waals surface area (Å²) >= 11 is 1.78. The number of rotatable bonds is 6. The fourth-order valence-electron chi connectivity index (χ4n) is 7.39. The zero-order valence-corrected chi connectivity index (χ0v) is 28.5. The number of nitrogens with zero attached hydrogens (tertiary/aromatic N) is 1. The minimum atomic E-state index is 0.892. The number of hydrogen-bond donors (Lipinski definition) is 0. The summed E-state index contributed by atoms with van der Waals surface area (Å²) in [7, 11) is 0. The van der Waals surface area contributed by atoms with Crippen LogP contribution >= 0.6 is 11.8 Å². The lowest BCUT2D eigenvalue weighted by Gasteiger charge is -2.09. The second-order valence-corrected chi connectivity index (χ2v) is 14.1. The van der Waals surface area contributed by atoms with Gasteiger partial charge in [-0.05, 0) is 106 Å². The third-order valence-electron chi connectivity index (χ3n) is 9.83. The van der Waals surface area contributed by atoms with Gasteiger partial charge in [0.1, 0.15) is 11.2 Å². The van der Waals surface area contributed by atoms with E-state index in [1.54, 1.807) is 11.8 Å². The third kappa shape index (κ3) is 5.31. The molecule has 3 heteroatoms. The van der Waals surface area contributed by atoms with Crippen LogP contribution in [0.25, 0.3) is 82.8 Å². The molecule has 0 aliphatic rings. The van der Waals surface area contributed by atoms with E-state index in [0.29, 0.717) is 0 Å². The average molecular weight is 670 g/mol. The molecule has 0 saturated carbocycles. The van der Waals surface area contributed by atoms with Crippen LogP contribution in [0.4, 0.5) is 0 Å². The maximum atomic E-state index is 6.38. The lowest BCUT2D eigenvalue weighted by atomic mass is 9.99. The van der Waals surface area contributed by atoms with Gasteiger partial charge in [-0.2, -0.15) is 0 Å². The highest BCUT2D eigenvalue weighted by Gasteiger charge is 2.16. The van der Waals surface area contributed by atoms with E-state index in [4.69, 9.17) is 4.42 Å². The molecule has 0 atom stereocenters. The monoisotopic (exact) mass is 669 g/mol. The molecule has 51 heavy (non-hydrogen) atoms. The molecule has 0 spiro atoms. The molecule has 0 fully saturated rings. The van der Waals surface area contributed by atoms with E-state index in [1.807, 2.05) is 0 Å². The van der Waals surface area contributed by atoms with Gasteiger partial charge in [0.15, 0.2) is 0 Å². The molecule has 0 radical (unpaired) electrons. The Bertz CT molecular complexity index is 2880. The van der Waals surface area contributed by atoms with E-state index in [2.05, 4.69) is 193 Å². The maximum absolute atomic E-state index is 6.38. The van der Waals surface area contributed by atoms with Crippen LogP contribution in [0.5, 0.6) is 0 Å². The number of para-hydroxylation sites is 1. The van der Waals surface area contributed by atoms with Gasteiger partial charge >= 0.3 is 0 Å². The first-order chi connectivity index (χ1) is 25.2. The molecule has 2 aromatic heterocycles. The number of hydrogen-bond acceptors (Lipinski definition) is 2. The number of aromatic nitrogens is 1. The number of benzene rings is 8. The van der Waals surface area contributed by atoms with Gasteiger partial charge in [0.05, 0.1) is 11.0 Å². The topological polar surface area (TPSA) is 18.1 Å². The standard InChI is InChI=1S/C48H31NOS/c1-3-11-32(12-4-1)34-15-9-16-35(27-34)36-17-10-18-39(28-36)51-40-23-26-48-44(31-40)43-30-38(22-25-47(43)50-48)49-45-20-8-7-19-41(45)42-29-37(21-24-46(42)49)33-13-5-2-6-14-33/h1-31H. The molecular formula is C48H31NOS. The first-order valence-corrected chi connectivity index (χ1v) is 18.1. The van der Waals surface area contributed by atoms with Crippen molar-refractivity contribution in [2.75, 3.05) is 0 Å². The molecule has 0 bridgehead atoms. The zero-order chi connectivity index (χ0) is 33.7. The minimum absolute atomic E-state index is 0.892. The molecule has 0 unspecified atom stereocenters. The molecule has 0 N–H and O–H groups in total. The van der Waals surface area contributed by atoms with E-state index in [1.165, 1.54) is 65.0 Å². The molecule has 0 aliphatic heterocycles. The van der Waals surface area contributed by atoms with Crippen molar-refractivity contribution in [3.8, 4) is 39.1 Å². The van der Waals surface area contributed by atoms with Gasteiger partial charge in [0.2, 0.25) is 0 Å². The van der Waals surface area contributed by atoms with Crippen molar-refractivity contribution in [1.82, 2.24) is 4.57 Å². The summed E-state index contributed by atoms with van der Waals surface area (Å²) in [5.74, 6) is 0. The normalized spacial score (nSPS) is 11.6. The SMILES string of the molecule is c1ccc(-c2cccc(-c3cccc(Sc4ccc5oc6ccc(-n7c8ccccc8c8cc(-c9ccccc9)ccc87)cc6c5c4)c3)c2)cc1. The van der Waals surface area contributed by atoms with Crippen molar-refractivity contribution < 1.29 is 4.42 Å². The first-order valence-electron chi connectivity index (χ1n) is 17.2. The van der Waals surface area contributed by atoms with Gasteiger partial charge in [0.25, 0.3) is 0 Å². The lowest BCUT2D eigenvalue weighted by molar-refractivity contribution is 0.668. The molecule has 0 aliphatic carbocycles. The Morgan fingerprint density at radius 1 is 0.333 bits per heavy atom. The quantitative estimate of drug-likeness (QED) is 0.175. The second kappa shape index (κ2) is 12.2. The molecule has 10 aromatic rings. The molecule has 2 heterocycles. The molecule has 2 nitrogen and oxygen atoms in total. The highest BCUT2D eigenvalue weighted by molar-refractivity contribution is 7.99. The summed E-state index contributed by atoms with van der Waals surface area (Å²) in [6.45, 7) is 0. The summed E-state index contributed by atoms with van der Waals surface area (Å²) in [5.41, 5.74) is 12.6. The molecule has 0 amide bonds. The lowest BCUT2D eigenvalue weighted by Crippen LogP contribution is -1.93.